The molecule has 1 aliphatic rings. The number of aryl methyl sites for hydroxylation is 1. The van der Waals surface area contributed by atoms with Crippen molar-refractivity contribution in [2.75, 3.05) is 23.4 Å². The molecule has 0 radical (unpaired) electrons. The third-order valence-corrected chi connectivity index (χ3v) is 7.92. The fourth-order valence-corrected chi connectivity index (χ4v) is 6.14. The maximum absolute atomic E-state index is 12.7. The van der Waals surface area contributed by atoms with E-state index in [4.69, 9.17) is 32.7 Å². The maximum Gasteiger partial charge on any atom is 0.263 e. The first-order valence-electron chi connectivity index (χ1n) is 11.5. The maximum atomic E-state index is 12.7. The van der Waals surface area contributed by atoms with Gasteiger partial charge < -0.3 is 14.8 Å². The number of nitrogens with zero attached hydrogens (tertiary/aromatic N) is 2. The molecule has 11 heteroatoms. The second kappa shape index (κ2) is 10.7. The van der Waals surface area contributed by atoms with Gasteiger partial charge in [0.05, 0.1) is 34.4 Å². The van der Waals surface area contributed by atoms with Crippen molar-refractivity contribution in [2.24, 2.45) is 0 Å². The van der Waals surface area contributed by atoms with Crippen molar-refractivity contribution in [1.29, 1.82) is 0 Å². The van der Waals surface area contributed by atoms with Crippen LogP contribution in [0, 0.1) is 6.92 Å². The van der Waals surface area contributed by atoms with Crippen molar-refractivity contribution in [1.82, 2.24) is 9.78 Å². The number of anilines is 1. The van der Waals surface area contributed by atoms with Crippen LogP contribution in [-0.2, 0) is 14.6 Å². The molecule has 0 spiro atoms. The van der Waals surface area contributed by atoms with E-state index in [0.717, 1.165) is 16.9 Å². The van der Waals surface area contributed by atoms with Crippen LogP contribution < -0.4 is 14.8 Å². The Labute approximate surface area is 220 Å². The van der Waals surface area contributed by atoms with Crippen LogP contribution in [0.1, 0.15) is 31.9 Å². The van der Waals surface area contributed by atoms with E-state index in [1.54, 1.807) is 22.9 Å². The third kappa shape index (κ3) is 6.32. The summed E-state index contributed by atoms with van der Waals surface area (Å²) in [6, 6.07) is 11.8. The number of rotatable bonds is 8. The van der Waals surface area contributed by atoms with E-state index in [1.807, 2.05) is 39.0 Å². The molecule has 8 nitrogen and oxygen atoms in total. The van der Waals surface area contributed by atoms with Crippen molar-refractivity contribution in [3.05, 3.63) is 58.1 Å². The highest BCUT2D eigenvalue weighted by Crippen LogP contribution is 2.32. The van der Waals surface area contributed by atoms with Crippen LogP contribution in [0.3, 0.4) is 0 Å². The minimum atomic E-state index is -3.16. The number of nitrogens with one attached hydrogen (secondary N) is 1. The summed E-state index contributed by atoms with van der Waals surface area (Å²) in [5, 5.41) is 8.23. The SMILES string of the molecule is Cc1cc(-c2cc(NC(=O)COc3ccc(Cl)cc3Cl)n([C@H]3CCS(=O)(=O)C3)n2)ccc1OC(C)C. The summed E-state index contributed by atoms with van der Waals surface area (Å²) >= 11 is 12.0. The van der Waals surface area contributed by atoms with E-state index in [0.29, 0.717) is 33.7 Å². The van der Waals surface area contributed by atoms with Crippen LogP contribution >= 0.6 is 23.2 Å². The van der Waals surface area contributed by atoms with Gasteiger partial charge in [0.15, 0.2) is 16.4 Å². The molecule has 0 unspecified atom stereocenters. The summed E-state index contributed by atoms with van der Waals surface area (Å²) in [5.41, 5.74) is 2.37. The van der Waals surface area contributed by atoms with Crippen LogP contribution in [0.2, 0.25) is 10.0 Å². The largest absolute Gasteiger partial charge is 0.491 e. The Morgan fingerprint density at radius 3 is 2.56 bits per heavy atom. The van der Waals surface area contributed by atoms with E-state index >= 15 is 0 Å². The van der Waals surface area contributed by atoms with Crippen molar-refractivity contribution in [3.63, 3.8) is 0 Å². The van der Waals surface area contributed by atoms with E-state index in [2.05, 4.69) is 10.4 Å². The zero-order chi connectivity index (χ0) is 26.0. The smallest absolute Gasteiger partial charge is 0.263 e. The number of ether oxygens (including phenoxy) is 2. The van der Waals surface area contributed by atoms with Gasteiger partial charge in [-0.15, -0.1) is 0 Å². The molecule has 0 saturated carbocycles. The number of hydrogen-bond acceptors (Lipinski definition) is 6. The van der Waals surface area contributed by atoms with Crippen LogP contribution in [0.4, 0.5) is 5.82 Å². The lowest BCUT2D eigenvalue weighted by molar-refractivity contribution is -0.118. The predicted molar refractivity (Wildman–Crippen MR) is 141 cm³/mol. The molecule has 1 amide bonds. The average Bonchev–Trinajstić information content (AvgIpc) is 3.37. The Hall–Kier alpha value is -2.75. The molecule has 1 saturated heterocycles. The average molecular weight is 552 g/mol. The number of benzene rings is 2. The summed E-state index contributed by atoms with van der Waals surface area (Å²) in [4.78, 5) is 12.7. The molecule has 0 aliphatic carbocycles. The van der Waals surface area contributed by atoms with Crippen molar-refractivity contribution < 1.29 is 22.7 Å². The molecule has 2 aromatic carbocycles. The van der Waals surface area contributed by atoms with Crippen LogP contribution in [-0.4, -0.2) is 48.3 Å². The van der Waals surface area contributed by atoms with E-state index in [1.165, 1.54) is 6.07 Å². The van der Waals surface area contributed by atoms with Gasteiger partial charge in [-0.05, 0) is 69.2 Å². The van der Waals surface area contributed by atoms with Gasteiger partial charge in [-0.3, -0.25) is 4.79 Å². The minimum Gasteiger partial charge on any atom is -0.491 e. The molecule has 1 aromatic heterocycles. The van der Waals surface area contributed by atoms with Crippen molar-refractivity contribution in [3.8, 4) is 22.8 Å². The lowest BCUT2D eigenvalue weighted by atomic mass is 10.1. The molecule has 2 heterocycles. The molecule has 36 heavy (non-hydrogen) atoms. The minimum absolute atomic E-state index is 0.0337. The molecular formula is C25H27Cl2N3O5S. The summed E-state index contributed by atoms with van der Waals surface area (Å²) in [6.45, 7) is 5.57. The molecule has 1 atom stereocenters. The van der Waals surface area contributed by atoms with Gasteiger partial charge >= 0.3 is 0 Å². The highest BCUT2D eigenvalue weighted by atomic mass is 35.5. The van der Waals surface area contributed by atoms with E-state index in [9.17, 15) is 13.2 Å². The summed E-state index contributed by atoms with van der Waals surface area (Å²) in [6.07, 6.45) is 0.466. The lowest BCUT2D eigenvalue weighted by Gasteiger charge is -2.14. The number of aromatic nitrogens is 2. The predicted octanol–water partition coefficient (Wildman–Crippen LogP) is 5.33. The fourth-order valence-electron chi connectivity index (χ4n) is 3.98. The molecule has 1 N–H and O–H groups in total. The lowest BCUT2D eigenvalue weighted by Crippen LogP contribution is -2.23. The number of carbonyl (C=O) groups excluding carboxylic acids is 1. The molecule has 1 fully saturated rings. The zero-order valence-corrected chi connectivity index (χ0v) is 22.5. The van der Waals surface area contributed by atoms with Gasteiger partial charge in [0.2, 0.25) is 0 Å². The van der Waals surface area contributed by atoms with Gasteiger partial charge in [0.1, 0.15) is 17.3 Å². The Kier molecular flexibility index (Phi) is 7.82. The number of amides is 1. The Morgan fingerprint density at radius 2 is 1.92 bits per heavy atom. The number of sulfone groups is 1. The van der Waals surface area contributed by atoms with Crippen LogP contribution in [0.25, 0.3) is 11.3 Å². The highest BCUT2D eigenvalue weighted by Gasteiger charge is 2.32. The Morgan fingerprint density at radius 1 is 1.17 bits per heavy atom. The first-order valence-corrected chi connectivity index (χ1v) is 14.0. The summed E-state index contributed by atoms with van der Waals surface area (Å²) in [7, 11) is -3.16. The topological polar surface area (TPSA) is 99.5 Å². The van der Waals surface area contributed by atoms with Gasteiger partial charge in [0, 0.05) is 16.7 Å². The van der Waals surface area contributed by atoms with Gasteiger partial charge in [0.25, 0.3) is 5.91 Å². The molecular weight excluding hydrogens is 525 g/mol. The quantitative estimate of drug-likeness (QED) is 0.406. The first-order chi connectivity index (χ1) is 17.0. The normalized spacial score (nSPS) is 16.8. The monoisotopic (exact) mass is 551 g/mol. The molecule has 0 bridgehead atoms. The van der Waals surface area contributed by atoms with Gasteiger partial charge in [-0.1, -0.05) is 23.2 Å². The van der Waals surface area contributed by atoms with Crippen LogP contribution in [0.15, 0.2) is 42.5 Å². The van der Waals surface area contributed by atoms with E-state index < -0.39 is 15.7 Å². The number of halogens is 2. The summed E-state index contributed by atoms with van der Waals surface area (Å²) < 4.78 is 37.2. The fraction of sp³-hybridized carbons (Fsp3) is 0.360. The van der Waals surface area contributed by atoms with Crippen LogP contribution in [0.5, 0.6) is 11.5 Å². The second-order valence-corrected chi connectivity index (χ2v) is 12.0. The molecule has 3 aromatic rings. The first kappa shape index (κ1) is 26.3. The third-order valence-electron chi connectivity index (χ3n) is 5.64. The highest BCUT2D eigenvalue weighted by molar-refractivity contribution is 7.91. The number of hydrogen-bond donors (Lipinski definition) is 1. The van der Waals surface area contributed by atoms with Gasteiger partial charge in [-0.2, -0.15) is 5.10 Å². The Bertz CT molecular complexity index is 1390. The summed E-state index contributed by atoms with van der Waals surface area (Å²) in [5.74, 6) is 1.11. The van der Waals surface area contributed by atoms with Gasteiger partial charge in [-0.25, -0.2) is 13.1 Å². The van der Waals surface area contributed by atoms with E-state index in [-0.39, 0.29) is 30.3 Å². The standard InChI is InChI=1S/C25H27Cl2N3O5S/c1-15(2)35-22-6-4-17(10-16(22)3)21-12-24(30(29-21)19-8-9-36(32,33)14-19)28-25(31)13-34-23-7-5-18(26)11-20(23)27/h4-7,10-12,15,19H,8-9,13-14H2,1-3H3,(H,28,31)/t19-/m0/s1. The zero-order valence-electron chi connectivity index (χ0n) is 20.1. The molecule has 4 rings (SSSR count). The van der Waals surface area contributed by atoms with Crippen molar-refractivity contribution in [2.45, 2.75) is 39.3 Å². The molecule has 1 aliphatic heterocycles. The second-order valence-electron chi connectivity index (χ2n) is 8.97. The molecule has 192 valence electrons. The Balaban J connectivity index is 1.58. The van der Waals surface area contributed by atoms with Crippen molar-refractivity contribution >= 4 is 44.8 Å². The number of carbonyl (C=O) groups is 1.